The van der Waals surface area contributed by atoms with E-state index in [1.807, 2.05) is 0 Å². The van der Waals surface area contributed by atoms with Crippen molar-refractivity contribution in [2.75, 3.05) is 8.86 Å². The molecule has 1 aliphatic rings. The van der Waals surface area contributed by atoms with Gasteiger partial charge in [0.25, 0.3) is 0 Å². The molecule has 0 aromatic rings. The van der Waals surface area contributed by atoms with Gasteiger partial charge in [-0.05, 0) is 0 Å². The fourth-order valence-corrected chi connectivity index (χ4v) is 3.54. The van der Waals surface area contributed by atoms with Crippen LogP contribution in [-0.2, 0) is 0 Å². The monoisotopic (exact) mass is 223 g/mol. The Morgan fingerprint density at radius 2 is 2.62 bits per heavy atom. The zero-order valence-electron chi connectivity index (χ0n) is 5.23. The minimum atomic E-state index is 0.581. The van der Waals surface area contributed by atoms with Crippen LogP contribution in [0.4, 0.5) is 0 Å². The average molecular weight is 223 g/mol. The molecule has 1 heterocycles. The number of hydrogen-bond acceptors (Lipinski definition) is 0. The molecule has 0 radical (unpaired) electrons. The third-order valence-electron chi connectivity index (χ3n) is 1.44. The van der Waals surface area contributed by atoms with Gasteiger partial charge in [-0.25, -0.2) is 0 Å². The molecule has 0 fully saturated rings. The fourth-order valence-electron chi connectivity index (χ4n) is 0.807. The van der Waals surface area contributed by atoms with E-state index >= 15 is 0 Å². The predicted molar refractivity (Wildman–Crippen MR) is 32.7 cm³/mol. The number of halogens is 1. The molecule has 0 N–H and O–H groups in total. The molecule has 0 amide bonds. The number of hydrogen-bond donors (Lipinski definition) is 0. The summed E-state index contributed by atoms with van der Waals surface area (Å²) in [7, 11) is 0. The van der Waals surface area contributed by atoms with Gasteiger partial charge in [0.05, 0.1) is 0 Å². The fraction of sp³-hybridized carbons (Fsp3) is 0.714. The molecule has 0 spiro atoms. The van der Waals surface area contributed by atoms with Crippen LogP contribution in [0.3, 0.4) is 0 Å². The molecule has 0 aliphatic carbocycles. The number of alkyl halides is 2. The Labute approximate surface area is 61.6 Å². The quantitative estimate of drug-likeness (QED) is 0.293. The third kappa shape index (κ3) is 1.77. The molecule has 0 nitrogen and oxygen atoms in total. The van der Waals surface area contributed by atoms with Crippen molar-refractivity contribution in [2.45, 2.75) is 13.3 Å². The third-order valence-corrected chi connectivity index (χ3v) is 4.32. The Morgan fingerprint density at radius 1 is 1.75 bits per heavy atom. The first-order valence-electron chi connectivity index (χ1n) is 3.13. The Balaban J connectivity index is 2.32. The molecular weight excluding hydrogens is 211 g/mol. The average Bonchev–Trinajstić information content (AvgIpc) is 1.90. The summed E-state index contributed by atoms with van der Waals surface area (Å²) in [6.07, 6.45) is 6.12. The van der Waals surface area contributed by atoms with E-state index in [2.05, 4.69) is 19.1 Å². The van der Waals surface area contributed by atoms with Crippen molar-refractivity contribution >= 4 is 0 Å². The first-order chi connectivity index (χ1) is 3.93. The molecule has 1 unspecified atom stereocenters. The summed E-state index contributed by atoms with van der Waals surface area (Å²) < 4.78 is 2.96. The van der Waals surface area contributed by atoms with Crippen LogP contribution in [0.15, 0.2) is 12.2 Å². The Hall–Kier alpha value is 0.470. The van der Waals surface area contributed by atoms with Gasteiger partial charge in [-0.3, -0.25) is 0 Å². The van der Waals surface area contributed by atoms with Gasteiger partial charge in [-0.15, -0.1) is 0 Å². The summed E-state index contributed by atoms with van der Waals surface area (Å²) in [4.78, 5) is 0. The van der Waals surface area contributed by atoms with Crippen LogP contribution >= 0.6 is 0 Å². The van der Waals surface area contributed by atoms with Gasteiger partial charge in [0, 0.05) is 0 Å². The van der Waals surface area contributed by atoms with Gasteiger partial charge in [0.2, 0.25) is 0 Å². The summed E-state index contributed by atoms with van der Waals surface area (Å²) in [5, 5.41) is 0. The van der Waals surface area contributed by atoms with E-state index < -0.39 is 0 Å². The molecular formula is C7H12I-. The van der Waals surface area contributed by atoms with E-state index in [1.54, 1.807) is 0 Å². The van der Waals surface area contributed by atoms with Crippen LogP contribution in [0, 0.1) is 5.92 Å². The van der Waals surface area contributed by atoms with Crippen LogP contribution in [0.25, 0.3) is 0 Å². The van der Waals surface area contributed by atoms with Crippen molar-refractivity contribution in [1.29, 1.82) is 0 Å². The molecule has 1 atom stereocenters. The van der Waals surface area contributed by atoms with Gasteiger partial charge in [0.15, 0.2) is 0 Å². The molecule has 0 saturated heterocycles. The van der Waals surface area contributed by atoms with E-state index in [0.717, 1.165) is 5.92 Å². The van der Waals surface area contributed by atoms with E-state index in [-0.39, 0.29) is 0 Å². The van der Waals surface area contributed by atoms with Crippen LogP contribution < -0.4 is 21.2 Å². The molecule has 1 heteroatoms. The van der Waals surface area contributed by atoms with Crippen molar-refractivity contribution in [2.24, 2.45) is 5.92 Å². The van der Waals surface area contributed by atoms with Crippen molar-refractivity contribution in [3.8, 4) is 0 Å². The minimum absolute atomic E-state index is 0.581. The standard InChI is InChI=1S/C7H12I/c1-2-7-4-3-5-8-6-7/h3-4,7H,2,5-6H2,1H3/q-1. The molecule has 0 bridgehead atoms. The van der Waals surface area contributed by atoms with Crippen LogP contribution in [0.1, 0.15) is 13.3 Å². The molecule has 8 heavy (non-hydrogen) atoms. The second-order valence-electron chi connectivity index (χ2n) is 2.09. The zero-order valence-corrected chi connectivity index (χ0v) is 7.39. The molecule has 0 saturated carbocycles. The molecule has 1 rings (SSSR count). The maximum atomic E-state index is 2.39. The summed E-state index contributed by atoms with van der Waals surface area (Å²) in [6.45, 7) is 2.28. The Bertz CT molecular complexity index is 86.4. The molecule has 0 aromatic carbocycles. The van der Waals surface area contributed by atoms with Gasteiger partial charge < -0.3 is 0 Å². The summed E-state index contributed by atoms with van der Waals surface area (Å²) in [5.41, 5.74) is 0. The van der Waals surface area contributed by atoms with Gasteiger partial charge in [-0.2, -0.15) is 0 Å². The first kappa shape index (κ1) is 6.59. The van der Waals surface area contributed by atoms with Gasteiger partial charge in [0.1, 0.15) is 0 Å². The van der Waals surface area contributed by atoms with Crippen molar-refractivity contribution in [1.82, 2.24) is 0 Å². The number of rotatable bonds is 1. The van der Waals surface area contributed by atoms with E-state index in [0.29, 0.717) is 21.2 Å². The summed E-state index contributed by atoms with van der Waals surface area (Å²) >= 11 is 0.581. The Kier molecular flexibility index (Phi) is 2.87. The molecule has 48 valence electrons. The van der Waals surface area contributed by atoms with Crippen LogP contribution in [-0.4, -0.2) is 8.86 Å². The SMILES string of the molecule is CCC1C=CC[I-]C1. The van der Waals surface area contributed by atoms with Gasteiger partial charge in [-0.1, -0.05) is 0 Å². The maximum absolute atomic E-state index is 2.39. The first-order valence-corrected chi connectivity index (χ1v) is 6.18. The van der Waals surface area contributed by atoms with Gasteiger partial charge >= 0.3 is 61.5 Å². The van der Waals surface area contributed by atoms with Crippen LogP contribution in [0.2, 0.25) is 0 Å². The topological polar surface area (TPSA) is 0 Å². The van der Waals surface area contributed by atoms with E-state index in [4.69, 9.17) is 0 Å². The van der Waals surface area contributed by atoms with Crippen molar-refractivity contribution in [3.05, 3.63) is 12.2 Å². The second-order valence-corrected chi connectivity index (χ2v) is 4.93. The Morgan fingerprint density at radius 3 is 3.00 bits per heavy atom. The summed E-state index contributed by atoms with van der Waals surface area (Å²) in [5.74, 6) is 0.955. The summed E-state index contributed by atoms with van der Waals surface area (Å²) in [6, 6.07) is 0. The van der Waals surface area contributed by atoms with E-state index in [9.17, 15) is 0 Å². The molecule has 1 aliphatic heterocycles. The number of allylic oxidation sites excluding steroid dienone is 2. The molecule has 0 aromatic heterocycles. The normalized spacial score (nSPS) is 29.4. The van der Waals surface area contributed by atoms with Crippen LogP contribution in [0.5, 0.6) is 0 Å². The zero-order chi connectivity index (χ0) is 5.82. The second kappa shape index (κ2) is 3.49. The van der Waals surface area contributed by atoms with Crippen molar-refractivity contribution in [3.63, 3.8) is 0 Å². The van der Waals surface area contributed by atoms with E-state index in [1.165, 1.54) is 15.3 Å². The predicted octanol–water partition coefficient (Wildman–Crippen LogP) is -1.33. The van der Waals surface area contributed by atoms with Crippen molar-refractivity contribution < 1.29 is 21.2 Å².